The molecular weight excluding hydrogens is 861 g/mol. The van der Waals surface area contributed by atoms with E-state index in [0.717, 1.165) is 24.2 Å². The monoisotopic (exact) mass is 937 g/mol. The molecule has 22 heteroatoms. The largest absolute Gasteiger partial charge is 0.480 e. The molecular formula is C44H76N10O12. The number of carbonyl (C=O) groups is 11. The van der Waals surface area contributed by atoms with E-state index in [4.69, 9.17) is 16.6 Å². The minimum Gasteiger partial charge on any atom is -0.480 e. The molecule has 0 aromatic heterocycles. The lowest BCUT2D eigenvalue weighted by Gasteiger charge is -2.30. The number of likely N-dealkylation sites (tertiary alicyclic amines) is 1. The number of unbranched alkanes of at least 4 members (excludes halogenated alkanes) is 14. The van der Waals surface area contributed by atoms with Crippen molar-refractivity contribution in [1.29, 1.82) is 0 Å². The Kier molecular flexibility index (Phi) is 28.9. The lowest BCUT2D eigenvalue weighted by Crippen LogP contribution is -2.59. The van der Waals surface area contributed by atoms with Gasteiger partial charge in [0, 0.05) is 13.0 Å². The van der Waals surface area contributed by atoms with Gasteiger partial charge in [-0.25, -0.2) is 0 Å². The zero-order valence-corrected chi connectivity index (χ0v) is 39.3. The lowest BCUT2D eigenvalue weighted by molar-refractivity contribution is -0.143. The Labute approximate surface area is 387 Å². The van der Waals surface area contributed by atoms with E-state index in [1.807, 2.05) is 0 Å². The third-order valence-electron chi connectivity index (χ3n) is 11.0. The van der Waals surface area contributed by atoms with E-state index in [1.165, 1.54) is 91.4 Å². The van der Waals surface area contributed by atoms with Crippen LogP contribution in [-0.4, -0.2) is 131 Å². The molecule has 0 aromatic carbocycles. The summed E-state index contributed by atoms with van der Waals surface area (Å²) < 4.78 is 0. The molecule has 1 aliphatic rings. The molecule has 66 heavy (non-hydrogen) atoms. The molecule has 0 radical (unpaired) electrons. The third kappa shape index (κ3) is 25.0. The predicted molar refractivity (Wildman–Crippen MR) is 242 cm³/mol. The van der Waals surface area contributed by atoms with Crippen LogP contribution in [0.3, 0.4) is 0 Å². The Morgan fingerprint density at radius 3 is 1.55 bits per heavy atom. The molecule has 1 heterocycles. The van der Waals surface area contributed by atoms with Crippen molar-refractivity contribution >= 4 is 65.0 Å². The summed E-state index contributed by atoms with van der Waals surface area (Å²) in [7, 11) is 0. The highest BCUT2D eigenvalue weighted by molar-refractivity contribution is 5.99. The number of hydrogen-bond donors (Lipinski definition) is 10. The fourth-order valence-electron chi connectivity index (χ4n) is 7.26. The topological polar surface area (TPSA) is 347 Å². The second-order valence-corrected chi connectivity index (χ2v) is 17.0. The van der Waals surface area contributed by atoms with Crippen LogP contribution in [0.15, 0.2) is 0 Å². The van der Waals surface area contributed by atoms with Gasteiger partial charge in [-0.3, -0.25) is 52.7 Å². The molecule has 0 aromatic rings. The maximum absolute atomic E-state index is 13.8. The van der Waals surface area contributed by atoms with E-state index < -0.39 is 121 Å². The summed E-state index contributed by atoms with van der Waals surface area (Å²) in [6.07, 6.45) is 17.2. The second kappa shape index (κ2) is 32.8. The molecule has 0 saturated carbocycles. The Balaban J connectivity index is 2.64. The van der Waals surface area contributed by atoms with Gasteiger partial charge in [0.1, 0.15) is 42.8 Å². The van der Waals surface area contributed by atoms with Crippen molar-refractivity contribution < 1.29 is 57.8 Å². The molecule has 0 bridgehead atoms. The minimum absolute atomic E-state index is 0.00441. The SMILES string of the molecule is CCCCCCCCCCCCCCCCCC(=O)NCC(=O)N[C@@H](C)C(=O)N[C@@H](CC(N)=O)C(=O)N1CCC[C@H]1C(=O)N[C@@H](CC(N)=O)C(=O)N[C@@H](C)C(=O)N[C@@H](C)C(=O)NCC(=O)O. The van der Waals surface area contributed by atoms with Crippen molar-refractivity contribution in [2.24, 2.45) is 11.5 Å². The number of aliphatic carboxylic acids is 1. The fraction of sp³-hybridized carbons (Fsp3) is 0.750. The molecule has 0 spiro atoms. The quantitative estimate of drug-likeness (QED) is 0.0369. The molecule has 22 nitrogen and oxygen atoms in total. The fourth-order valence-corrected chi connectivity index (χ4v) is 7.26. The smallest absolute Gasteiger partial charge is 0.322 e. The summed E-state index contributed by atoms with van der Waals surface area (Å²) in [4.78, 5) is 139. The van der Waals surface area contributed by atoms with Crippen LogP contribution in [0.2, 0.25) is 0 Å². The maximum Gasteiger partial charge on any atom is 0.322 e. The molecule has 1 aliphatic heterocycles. The van der Waals surface area contributed by atoms with Crippen LogP contribution in [0.1, 0.15) is 156 Å². The molecule has 0 unspecified atom stereocenters. The molecule has 0 aliphatic carbocycles. The van der Waals surface area contributed by atoms with Crippen LogP contribution in [0.25, 0.3) is 0 Å². The lowest BCUT2D eigenvalue weighted by atomic mass is 10.0. The van der Waals surface area contributed by atoms with Crippen molar-refractivity contribution in [3.63, 3.8) is 0 Å². The normalized spacial score (nSPS) is 15.5. The number of carboxylic acids is 1. The van der Waals surface area contributed by atoms with Gasteiger partial charge in [-0.05, 0) is 40.0 Å². The first-order chi connectivity index (χ1) is 31.3. The number of primary amides is 2. The zero-order valence-electron chi connectivity index (χ0n) is 39.3. The highest BCUT2D eigenvalue weighted by Crippen LogP contribution is 2.20. The Morgan fingerprint density at radius 2 is 1.02 bits per heavy atom. The van der Waals surface area contributed by atoms with Crippen LogP contribution in [0.5, 0.6) is 0 Å². The predicted octanol–water partition coefficient (Wildman–Crippen LogP) is -0.210. The molecule has 12 N–H and O–H groups in total. The average Bonchev–Trinajstić information content (AvgIpc) is 3.75. The summed E-state index contributed by atoms with van der Waals surface area (Å²) in [5.74, 6) is -9.56. The molecule has 1 rings (SSSR count). The van der Waals surface area contributed by atoms with Gasteiger partial charge in [0.15, 0.2) is 0 Å². The van der Waals surface area contributed by atoms with Crippen LogP contribution < -0.4 is 48.7 Å². The molecule has 6 atom stereocenters. The van der Waals surface area contributed by atoms with Crippen LogP contribution in [-0.2, 0) is 52.7 Å². The zero-order chi connectivity index (χ0) is 49.6. The van der Waals surface area contributed by atoms with Crippen molar-refractivity contribution in [1.82, 2.24) is 42.1 Å². The van der Waals surface area contributed by atoms with Gasteiger partial charge in [-0.2, -0.15) is 0 Å². The van der Waals surface area contributed by atoms with Crippen molar-refractivity contribution in [2.75, 3.05) is 19.6 Å². The van der Waals surface area contributed by atoms with Gasteiger partial charge in [0.2, 0.25) is 59.1 Å². The highest BCUT2D eigenvalue weighted by Gasteiger charge is 2.40. The van der Waals surface area contributed by atoms with E-state index in [9.17, 15) is 52.7 Å². The van der Waals surface area contributed by atoms with E-state index in [2.05, 4.69) is 44.1 Å². The first-order valence-corrected chi connectivity index (χ1v) is 23.4. The van der Waals surface area contributed by atoms with E-state index in [0.29, 0.717) is 12.8 Å². The Bertz CT molecular complexity index is 1650. The van der Waals surface area contributed by atoms with Crippen LogP contribution >= 0.6 is 0 Å². The Morgan fingerprint density at radius 1 is 0.545 bits per heavy atom. The van der Waals surface area contributed by atoms with Gasteiger partial charge >= 0.3 is 5.97 Å². The highest BCUT2D eigenvalue weighted by atomic mass is 16.4. The third-order valence-corrected chi connectivity index (χ3v) is 11.0. The Hall–Kier alpha value is -5.83. The van der Waals surface area contributed by atoms with Gasteiger partial charge in [0.25, 0.3) is 0 Å². The average molecular weight is 937 g/mol. The molecule has 1 fully saturated rings. The van der Waals surface area contributed by atoms with Crippen molar-refractivity contribution in [3.8, 4) is 0 Å². The molecule has 1 saturated heterocycles. The van der Waals surface area contributed by atoms with Crippen molar-refractivity contribution in [2.45, 2.75) is 192 Å². The first kappa shape index (κ1) is 58.2. The summed E-state index contributed by atoms with van der Waals surface area (Å²) in [5.41, 5.74) is 10.7. The number of nitrogens with two attached hydrogens (primary N) is 2. The van der Waals surface area contributed by atoms with Gasteiger partial charge in [-0.15, -0.1) is 0 Å². The van der Waals surface area contributed by atoms with E-state index in [-0.39, 0.29) is 25.3 Å². The van der Waals surface area contributed by atoms with Crippen LogP contribution in [0, 0.1) is 0 Å². The number of nitrogens with zero attached hydrogens (tertiary/aromatic N) is 1. The molecule has 10 amide bonds. The van der Waals surface area contributed by atoms with Gasteiger partial charge in [-0.1, -0.05) is 96.8 Å². The van der Waals surface area contributed by atoms with Gasteiger partial charge < -0.3 is 58.7 Å². The van der Waals surface area contributed by atoms with Crippen molar-refractivity contribution in [3.05, 3.63) is 0 Å². The van der Waals surface area contributed by atoms with E-state index in [1.54, 1.807) is 0 Å². The summed E-state index contributed by atoms with van der Waals surface area (Å²) in [6, 6.07) is -8.15. The maximum atomic E-state index is 13.8. The molecule has 374 valence electrons. The second-order valence-electron chi connectivity index (χ2n) is 17.0. The number of rotatable bonds is 35. The number of hydrogen-bond acceptors (Lipinski definition) is 11. The van der Waals surface area contributed by atoms with Crippen LogP contribution in [0.4, 0.5) is 0 Å². The summed E-state index contributed by atoms with van der Waals surface area (Å²) >= 11 is 0. The number of amides is 10. The van der Waals surface area contributed by atoms with Gasteiger partial charge in [0.05, 0.1) is 19.4 Å². The number of carboxylic acid groups (broad SMARTS) is 1. The first-order valence-electron chi connectivity index (χ1n) is 23.4. The van der Waals surface area contributed by atoms with E-state index >= 15 is 0 Å². The summed E-state index contributed by atoms with van der Waals surface area (Å²) in [6.45, 7) is 5.00. The number of nitrogens with one attached hydrogen (secondary N) is 7. The number of carbonyl (C=O) groups excluding carboxylic acids is 10. The summed E-state index contributed by atoms with van der Waals surface area (Å²) in [5, 5.41) is 25.2. The minimum atomic E-state index is -1.62. The standard InChI is InChI=1S/C44H76N10O12/c1-5-6-7-8-9-10-11-12-13-14-15-16-17-18-19-22-36(57)47-26-37(58)49-29(3)41(63)53-32(25-35(46)56)44(66)54-23-20-21-33(54)43(65)52-31(24-34(45)55)42(64)51-30(4)40(62)50-28(2)39(61)48-27-38(59)60/h28-33H,5-27H2,1-4H3,(H2,45,55)(H2,46,56)(H,47,57)(H,48,61)(H,49,58)(H,50,62)(H,51,64)(H,52,65)(H,53,63)(H,59,60)/t28-,29-,30-,31-,32-,33-/m0/s1.